The average Bonchev–Trinajstić information content (AvgIpc) is 3.46. The fourth-order valence-corrected chi connectivity index (χ4v) is 7.04. The molecule has 1 aliphatic heterocycles. The number of benzene rings is 1. The zero-order chi connectivity index (χ0) is 22.7. The maximum absolute atomic E-state index is 13.2. The number of carbonyl (C=O) groups is 1. The summed E-state index contributed by atoms with van der Waals surface area (Å²) in [6.07, 6.45) is 7.42. The number of alkyl carbamates (subject to hydrolysis) is 1. The van der Waals surface area contributed by atoms with Gasteiger partial charge in [-0.25, -0.2) is 18.3 Å². The smallest absolute Gasteiger partial charge is 0.407 e. The summed E-state index contributed by atoms with van der Waals surface area (Å²) in [5.41, 5.74) is 7.62. The van der Waals surface area contributed by atoms with Crippen LogP contribution in [0.5, 0.6) is 0 Å². The van der Waals surface area contributed by atoms with E-state index in [1.807, 2.05) is 42.5 Å². The number of nitrogens with one attached hydrogen (secondary N) is 1. The summed E-state index contributed by atoms with van der Waals surface area (Å²) in [5, 5.41) is 4.09. The van der Waals surface area contributed by atoms with Gasteiger partial charge in [-0.05, 0) is 64.5 Å². The molecule has 1 atom stereocenters. The molecule has 2 heterocycles. The van der Waals surface area contributed by atoms with E-state index in [9.17, 15) is 9.00 Å². The van der Waals surface area contributed by atoms with E-state index in [0.717, 1.165) is 72.0 Å². The molecule has 32 heavy (non-hydrogen) atoms. The number of amides is 1. The van der Waals surface area contributed by atoms with E-state index >= 15 is 0 Å². The van der Waals surface area contributed by atoms with E-state index in [4.69, 9.17) is 15.5 Å². The number of carbonyl (C=O) groups excluding carboxylic acids is 1. The van der Waals surface area contributed by atoms with Crippen LogP contribution in [0, 0.1) is 0 Å². The second kappa shape index (κ2) is 10.3. The molecule has 2 fully saturated rings. The Labute approximate surface area is 196 Å². The molecule has 4 rings (SSSR count). The topological polar surface area (TPSA) is 97.5 Å². The Morgan fingerprint density at radius 2 is 1.97 bits per heavy atom. The molecular weight excluding hydrogens is 444 g/mol. The summed E-state index contributed by atoms with van der Waals surface area (Å²) < 4.78 is 20.4. The lowest BCUT2D eigenvalue weighted by Gasteiger charge is -2.28. The Bertz CT molecular complexity index is 964. The molecule has 1 saturated carbocycles. The van der Waals surface area contributed by atoms with Crippen LogP contribution in [0.4, 0.5) is 10.5 Å². The fourth-order valence-electron chi connectivity index (χ4n) is 4.38. The first kappa shape index (κ1) is 23.2. The summed E-state index contributed by atoms with van der Waals surface area (Å²) in [6.45, 7) is 5.42. The normalized spacial score (nSPS) is 22.7. The van der Waals surface area contributed by atoms with Crippen molar-refractivity contribution in [3.05, 3.63) is 29.4 Å². The Morgan fingerprint density at radius 3 is 2.66 bits per heavy atom. The van der Waals surface area contributed by atoms with Gasteiger partial charge in [-0.2, -0.15) is 0 Å². The van der Waals surface area contributed by atoms with Crippen LogP contribution in [-0.4, -0.2) is 44.8 Å². The maximum atomic E-state index is 13.2. The minimum atomic E-state index is -1.21. The molecular formula is C23H32N4O3S2. The number of aromatic nitrogens is 1. The van der Waals surface area contributed by atoms with Crippen LogP contribution >= 0.6 is 11.3 Å². The van der Waals surface area contributed by atoms with Crippen molar-refractivity contribution >= 4 is 34.1 Å². The van der Waals surface area contributed by atoms with Crippen LogP contribution in [0.25, 0.3) is 10.4 Å². The second-order valence-corrected chi connectivity index (χ2v) is 11.4. The molecule has 1 amide bonds. The highest BCUT2D eigenvalue weighted by Crippen LogP contribution is 2.39. The number of hydrogen-bond acceptors (Lipinski definition) is 6. The lowest BCUT2D eigenvalue weighted by molar-refractivity contribution is 0.109. The Morgan fingerprint density at radius 1 is 1.25 bits per heavy atom. The molecule has 3 N–H and O–H groups in total. The first-order valence-corrected chi connectivity index (χ1v) is 13.3. The van der Waals surface area contributed by atoms with Gasteiger partial charge < -0.3 is 15.8 Å². The van der Waals surface area contributed by atoms with E-state index in [-0.39, 0.29) is 18.2 Å². The van der Waals surface area contributed by atoms with Gasteiger partial charge in [-0.1, -0.05) is 6.07 Å². The molecule has 0 bridgehead atoms. The first-order chi connectivity index (χ1) is 15.4. The monoisotopic (exact) mass is 476 g/mol. The molecule has 2 aliphatic rings. The van der Waals surface area contributed by atoms with Crippen LogP contribution in [0.2, 0.25) is 0 Å². The summed E-state index contributed by atoms with van der Waals surface area (Å²) in [6, 6.07) is 5.84. The molecule has 1 aliphatic carbocycles. The minimum Gasteiger partial charge on any atom is -0.447 e. The number of ether oxygens (including phenoxy) is 1. The molecule has 2 aromatic rings. The van der Waals surface area contributed by atoms with Crippen molar-refractivity contribution in [2.75, 3.05) is 18.8 Å². The maximum Gasteiger partial charge on any atom is 0.407 e. The van der Waals surface area contributed by atoms with Gasteiger partial charge in [0.05, 0.1) is 20.9 Å². The number of nitrogens with two attached hydrogens (primary N) is 1. The van der Waals surface area contributed by atoms with E-state index in [1.165, 1.54) is 0 Å². The zero-order valence-corrected chi connectivity index (χ0v) is 20.3. The highest BCUT2D eigenvalue weighted by Gasteiger charge is 2.27. The quantitative estimate of drug-likeness (QED) is 0.591. The molecule has 1 saturated heterocycles. The number of rotatable bonds is 6. The SMILES string of the molecule is CC(C)OC(=O)NC1CCC(c2ncc(-c3ccc(N)cc3S(=O)N3CCCC3)s2)CC1. The van der Waals surface area contributed by atoms with Gasteiger partial charge in [0.2, 0.25) is 0 Å². The van der Waals surface area contributed by atoms with E-state index in [0.29, 0.717) is 11.6 Å². The summed E-state index contributed by atoms with van der Waals surface area (Å²) in [5.74, 6) is 0.384. The molecule has 7 nitrogen and oxygen atoms in total. The van der Waals surface area contributed by atoms with Crippen LogP contribution in [0.1, 0.15) is 63.3 Å². The standard InChI is InChI=1S/C23H32N4O3S2/c1-15(2)30-23(28)26-18-8-5-16(6-9-18)22-25-14-20(31-22)19-10-7-17(24)13-21(19)32(29)27-11-3-4-12-27/h7,10,13-16,18H,3-6,8-9,11-12,24H2,1-2H3,(H,26,28). The highest BCUT2D eigenvalue weighted by molar-refractivity contribution is 7.82. The van der Waals surface area contributed by atoms with Crippen LogP contribution in [-0.2, 0) is 15.7 Å². The molecule has 0 spiro atoms. The van der Waals surface area contributed by atoms with Gasteiger partial charge in [-0.3, -0.25) is 0 Å². The summed E-state index contributed by atoms with van der Waals surface area (Å²) >= 11 is 1.68. The molecule has 0 radical (unpaired) electrons. The number of anilines is 1. The van der Waals surface area contributed by atoms with Gasteiger partial charge in [0.1, 0.15) is 11.0 Å². The molecule has 1 unspecified atom stereocenters. The number of hydrogen-bond donors (Lipinski definition) is 2. The molecule has 174 valence electrons. The molecule has 1 aromatic carbocycles. The number of thiazole rings is 1. The van der Waals surface area contributed by atoms with Crippen molar-refractivity contribution in [3.63, 3.8) is 0 Å². The lowest BCUT2D eigenvalue weighted by Crippen LogP contribution is -2.38. The lowest BCUT2D eigenvalue weighted by atomic mass is 9.86. The van der Waals surface area contributed by atoms with Crippen molar-refractivity contribution in [1.82, 2.24) is 14.6 Å². The number of nitrogens with zero attached hydrogens (tertiary/aromatic N) is 2. The number of nitrogen functional groups attached to an aromatic ring is 1. The summed E-state index contributed by atoms with van der Waals surface area (Å²) in [4.78, 5) is 18.4. The van der Waals surface area contributed by atoms with Gasteiger partial charge in [0.15, 0.2) is 0 Å². The van der Waals surface area contributed by atoms with Gasteiger partial charge in [0.25, 0.3) is 0 Å². The fraction of sp³-hybridized carbons (Fsp3) is 0.565. The van der Waals surface area contributed by atoms with Crippen LogP contribution in [0.15, 0.2) is 29.3 Å². The van der Waals surface area contributed by atoms with Crippen molar-refractivity contribution in [2.24, 2.45) is 0 Å². The Balaban J connectivity index is 1.44. The third kappa shape index (κ3) is 5.50. The third-order valence-corrected chi connectivity index (χ3v) is 8.76. The molecule has 1 aromatic heterocycles. The predicted octanol–water partition coefficient (Wildman–Crippen LogP) is 4.67. The van der Waals surface area contributed by atoms with Gasteiger partial charge in [-0.15, -0.1) is 11.3 Å². The largest absolute Gasteiger partial charge is 0.447 e. The Kier molecular flexibility index (Phi) is 7.48. The van der Waals surface area contributed by atoms with Gasteiger partial charge >= 0.3 is 6.09 Å². The van der Waals surface area contributed by atoms with E-state index in [2.05, 4.69) is 5.32 Å². The van der Waals surface area contributed by atoms with Crippen molar-refractivity contribution in [3.8, 4) is 10.4 Å². The van der Waals surface area contributed by atoms with Crippen LogP contribution < -0.4 is 11.1 Å². The van der Waals surface area contributed by atoms with E-state index in [1.54, 1.807) is 11.3 Å². The van der Waals surface area contributed by atoms with Gasteiger partial charge in [0, 0.05) is 42.5 Å². The van der Waals surface area contributed by atoms with Crippen LogP contribution in [0.3, 0.4) is 0 Å². The minimum absolute atomic E-state index is 0.113. The Hall–Kier alpha value is -1.97. The molecule has 9 heteroatoms. The van der Waals surface area contributed by atoms with E-state index < -0.39 is 11.0 Å². The highest BCUT2D eigenvalue weighted by atomic mass is 32.2. The average molecular weight is 477 g/mol. The van der Waals surface area contributed by atoms with Crippen molar-refractivity contribution in [2.45, 2.75) is 75.3 Å². The second-order valence-electron chi connectivity index (χ2n) is 8.85. The van der Waals surface area contributed by atoms with Crippen molar-refractivity contribution < 1.29 is 13.7 Å². The third-order valence-electron chi connectivity index (χ3n) is 6.02. The predicted molar refractivity (Wildman–Crippen MR) is 129 cm³/mol. The summed E-state index contributed by atoms with van der Waals surface area (Å²) in [7, 11) is -1.21. The first-order valence-electron chi connectivity index (χ1n) is 11.4. The zero-order valence-electron chi connectivity index (χ0n) is 18.7. The van der Waals surface area contributed by atoms with Crippen molar-refractivity contribution in [1.29, 1.82) is 0 Å².